The number of nitrogens with zero attached hydrogens (tertiary/aromatic N) is 1. The summed E-state index contributed by atoms with van der Waals surface area (Å²) in [5.74, 6) is 0. The highest BCUT2D eigenvalue weighted by atomic mass is 16.5. The lowest BCUT2D eigenvalue weighted by molar-refractivity contribution is -0.422. The van der Waals surface area contributed by atoms with Gasteiger partial charge in [0.15, 0.2) is 5.71 Å². The average molecular weight is 279 g/mol. The number of rotatable bonds is 1. The minimum Gasteiger partial charge on any atom is -0.624 e. The van der Waals surface area contributed by atoms with E-state index in [-0.39, 0.29) is 0 Å². The Labute approximate surface area is 126 Å². The summed E-state index contributed by atoms with van der Waals surface area (Å²) in [6, 6.07) is 15.6. The van der Waals surface area contributed by atoms with Gasteiger partial charge in [-0.3, -0.25) is 0 Å². The summed E-state index contributed by atoms with van der Waals surface area (Å²) >= 11 is 0. The van der Waals surface area contributed by atoms with E-state index >= 15 is 0 Å². The fraction of sp³-hybridized carbons (Fsp3) is 0.316. The van der Waals surface area contributed by atoms with Gasteiger partial charge in [0.1, 0.15) is 7.05 Å². The van der Waals surface area contributed by atoms with Gasteiger partial charge in [0, 0.05) is 12.5 Å². The number of benzene rings is 2. The monoisotopic (exact) mass is 279 g/mol. The molecule has 0 radical (unpaired) electrons. The van der Waals surface area contributed by atoms with Crippen LogP contribution in [0, 0.1) is 5.21 Å². The van der Waals surface area contributed by atoms with Crippen molar-refractivity contribution in [1.82, 2.24) is 0 Å². The first-order valence-electron chi connectivity index (χ1n) is 7.58. The second-order valence-electron chi connectivity index (χ2n) is 5.89. The van der Waals surface area contributed by atoms with Crippen molar-refractivity contribution in [1.29, 1.82) is 0 Å². The second kappa shape index (κ2) is 5.72. The molecule has 4 bridgehead atoms. The van der Waals surface area contributed by atoms with Crippen molar-refractivity contribution in [2.24, 2.45) is 0 Å². The number of hydrogen-bond donors (Lipinski definition) is 0. The van der Waals surface area contributed by atoms with Crippen molar-refractivity contribution < 1.29 is 4.74 Å². The zero-order valence-electron chi connectivity index (χ0n) is 12.7. The van der Waals surface area contributed by atoms with Crippen LogP contribution in [-0.2, 0) is 25.7 Å². The van der Waals surface area contributed by atoms with Gasteiger partial charge in [0.05, 0.1) is 0 Å². The maximum Gasteiger partial charge on any atom is 0.191 e. The topological polar surface area (TPSA) is 26.1 Å². The van der Waals surface area contributed by atoms with Gasteiger partial charge in [-0.2, -0.15) is 0 Å². The highest BCUT2D eigenvalue weighted by molar-refractivity contribution is 5.96. The maximum atomic E-state index is 11.7. The van der Waals surface area contributed by atoms with Crippen molar-refractivity contribution in [2.45, 2.75) is 32.6 Å². The lowest BCUT2D eigenvalue weighted by atomic mass is 9.92. The Morgan fingerprint density at radius 3 is 2.00 bits per heavy atom. The molecule has 4 aliphatic rings. The zero-order valence-corrected chi connectivity index (χ0v) is 12.7. The van der Waals surface area contributed by atoms with E-state index in [1.807, 2.05) is 6.92 Å². The van der Waals surface area contributed by atoms with Crippen LogP contribution >= 0.6 is 0 Å². The van der Waals surface area contributed by atoms with E-state index in [0.717, 1.165) is 41.7 Å². The SMILES string of the molecule is C/C(c1cc2ccc1CCc1ccc(cc1)CC2)=[N+](\C)[O-]. The molecule has 21 heavy (non-hydrogen) atoms. The standard InChI is InChI=1S/C19H21NO/c1-14(20(2)21)19-13-17-8-7-15-3-5-16(6-4-15)9-11-18(19)12-10-17/h3-6,10,12-13H,7-9,11H2,1-2H3/b20-14-. The smallest absolute Gasteiger partial charge is 0.191 e. The molecule has 0 spiro atoms. The Morgan fingerprint density at radius 2 is 1.38 bits per heavy atom. The van der Waals surface area contributed by atoms with Crippen LogP contribution in [0.1, 0.15) is 34.7 Å². The molecule has 6 rings (SSSR count). The molecule has 0 fully saturated rings. The van der Waals surface area contributed by atoms with Crippen LogP contribution in [0.2, 0.25) is 0 Å². The van der Waals surface area contributed by atoms with Crippen molar-refractivity contribution >= 4 is 5.71 Å². The third-order valence-corrected chi connectivity index (χ3v) is 4.44. The van der Waals surface area contributed by atoms with E-state index in [0.29, 0.717) is 0 Å². The van der Waals surface area contributed by atoms with Crippen molar-refractivity contribution in [3.8, 4) is 0 Å². The fourth-order valence-electron chi connectivity index (χ4n) is 2.94. The molecule has 0 amide bonds. The minimum absolute atomic E-state index is 0.804. The molecule has 2 aromatic carbocycles. The third kappa shape index (κ3) is 2.99. The lowest BCUT2D eigenvalue weighted by Gasteiger charge is -2.14. The Kier molecular flexibility index (Phi) is 3.78. The van der Waals surface area contributed by atoms with Gasteiger partial charge < -0.3 is 5.21 Å². The molecule has 0 atom stereocenters. The molecule has 4 aliphatic carbocycles. The molecular weight excluding hydrogens is 258 g/mol. The van der Waals surface area contributed by atoms with Crippen LogP contribution in [0.4, 0.5) is 0 Å². The van der Waals surface area contributed by atoms with E-state index in [4.69, 9.17) is 0 Å². The first kappa shape index (κ1) is 13.9. The summed E-state index contributed by atoms with van der Waals surface area (Å²) in [6.07, 6.45) is 4.05. The quantitative estimate of drug-likeness (QED) is 0.339. The Morgan fingerprint density at radius 1 is 0.857 bits per heavy atom. The van der Waals surface area contributed by atoms with Gasteiger partial charge in [0.25, 0.3) is 0 Å². The molecular formula is C19H21NO. The van der Waals surface area contributed by atoms with Crippen LogP contribution in [0.15, 0.2) is 42.5 Å². The molecule has 108 valence electrons. The summed E-state index contributed by atoms with van der Waals surface area (Å²) in [6.45, 7) is 1.91. The molecule has 2 heteroatoms. The van der Waals surface area contributed by atoms with E-state index < -0.39 is 0 Å². The van der Waals surface area contributed by atoms with Gasteiger partial charge >= 0.3 is 0 Å². The van der Waals surface area contributed by atoms with Crippen LogP contribution < -0.4 is 0 Å². The van der Waals surface area contributed by atoms with Crippen LogP contribution in [0.3, 0.4) is 0 Å². The van der Waals surface area contributed by atoms with Gasteiger partial charge in [0.2, 0.25) is 0 Å². The predicted octanol–water partition coefficient (Wildman–Crippen LogP) is 3.52. The largest absolute Gasteiger partial charge is 0.624 e. The minimum atomic E-state index is 0.804. The normalized spacial score (nSPS) is 15.3. The number of hydroxylamine groups is 1. The Balaban J connectivity index is 2.06. The van der Waals surface area contributed by atoms with Gasteiger partial charge in [-0.15, -0.1) is 0 Å². The molecule has 0 N–H and O–H groups in total. The predicted molar refractivity (Wildman–Crippen MR) is 87.0 cm³/mol. The first-order chi connectivity index (χ1) is 10.1. The molecule has 0 unspecified atom stereocenters. The maximum absolute atomic E-state index is 11.7. The molecule has 0 aliphatic heterocycles. The molecule has 0 heterocycles. The first-order valence-corrected chi connectivity index (χ1v) is 7.58. The average Bonchev–Trinajstić information content (AvgIpc) is 2.49. The summed E-state index contributed by atoms with van der Waals surface area (Å²) < 4.78 is 0.975. The molecule has 0 aromatic heterocycles. The molecule has 2 nitrogen and oxygen atoms in total. The van der Waals surface area contributed by atoms with Crippen LogP contribution in [0.25, 0.3) is 0 Å². The molecule has 0 saturated heterocycles. The van der Waals surface area contributed by atoms with Crippen LogP contribution in [-0.4, -0.2) is 17.5 Å². The van der Waals surface area contributed by atoms with E-state index in [2.05, 4.69) is 42.5 Å². The highest BCUT2D eigenvalue weighted by Crippen LogP contribution is 2.19. The molecule has 2 aromatic rings. The highest BCUT2D eigenvalue weighted by Gasteiger charge is 2.13. The van der Waals surface area contributed by atoms with Gasteiger partial charge in [-0.1, -0.05) is 36.4 Å². The Bertz CT molecular complexity index is 679. The summed E-state index contributed by atoms with van der Waals surface area (Å²) in [5.41, 5.74) is 7.23. The molecule has 0 saturated carbocycles. The zero-order chi connectivity index (χ0) is 14.8. The number of hydrogen-bond acceptors (Lipinski definition) is 1. The van der Waals surface area contributed by atoms with Crippen molar-refractivity contribution in [3.63, 3.8) is 0 Å². The summed E-state index contributed by atoms with van der Waals surface area (Å²) in [5, 5.41) is 11.7. The van der Waals surface area contributed by atoms with E-state index in [9.17, 15) is 5.21 Å². The Hall–Kier alpha value is -2.09. The summed E-state index contributed by atoms with van der Waals surface area (Å²) in [4.78, 5) is 0. The second-order valence-corrected chi connectivity index (χ2v) is 5.89. The van der Waals surface area contributed by atoms with Crippen molar-refractivity contribution in [2.75, 3.05) is 7.05 Å². The van der Waals surface area contributed by atoms with E-state index in [1.165, 1.54) is 22.3 Å². The number of aryl methyl sites for hydroxylation is 4. The van der Waals surface area contributed by atoms with Crippen molar-refractivity contribution in [3.05, 3.63) is 75.5 Å². The summed E-state index contributed by atoms with van der Waals surface area (Å²) in [7, 11) is 1.58. The van der Waals surface area contributed by atoms with Crippen LogP contribution in [0.5, 0.6) is 0 Å². The van der Waals surface area contributed by atoms with Gasteiger partial charge in [-0.05, 0) is 54.0 Å². The fourth-order valence-corrected chi connectivity index (χ4v) is 2.94. The van der Waals surface area contributed by atoms with E-state index in [1.54, 1.807) is 7.05 Å². The van der Waals surface area contributed by atoms with Gasteiger partial charge in [-0.25, -0.2) is 4.74 Å². The lowest BCUT2D eigenvalue weighted by Crippen LogP contribution is -2.13. The third-order valence-electron chi connectivity index (χ3n) is 4.44.